The summed E-state index contributed by atoms with van der Waals surface area (Å²) in [6.45, 7) is 1.73. The molecule has 0 saturated heterocycles. The number of hydrogen-bond donors (Lipinski definition) is 1. The Morgan fingerprint density at radius 3 is 2.76 bits per heavy atom. The van der Waals surface area contributed by atoms with Crippen molar-refractivity contribution in [2.45, 2.75) is 25.8 Å². The number of carbonyl (C=O) groups excluding carboxylic acids is 1. The van der Waals surface area contributed by atoms with E-state index in [4.69, 9.17) is 0 Å². The molecule has 0 bridgehead atoms. The summed E-state index contributed by atoms with van der Waals surface area (Å²) in [5, 5.41) is 2.76. The van der Waals surface area contributed by atoms with Crippen molar-refractivity contribution in [3.05, 3.63) is 65.5 Å². The normalized spacial score (nSPS) is 12.0. The van der Waals surface area contributed by atoms with Crippen LogP contribution in [-0.4, -0.2) is 10.9 Å². The number of amides is 1. The molecule has 1 aromatic heterocycles. The van der Waals surface area contributed by atoms with Gasteiger partial charge in [0.25, 0.3) is 0 Å². The molecule has 1 unspecified atom stereocenters. The van der Waals surface area contributed by atoms with Crippen LogP contribution in [0.5, 0.6) is 0 Å². The topological polar surface area (TPSA) is 42.0 Å². The summed E-state index contributed by atoms with van der Waals surface area (Å²) < 4.78 is 26.0. The third kappa shape index (κ3) is 4.34. The zero-order chi connectivity index (χ0) is 15.2. The molecule has 2 aromatic rings. The summed E-state index contributed by atoms with van der Waals surface area (Å²) in [7, 11) is 0. The predicted molar refractivity (Wildman–Crippen MR) is 75.5 cm³/mol. The summed E-state index contributed by atoms with van der Waals surface area (Å²) in [5.74, 6) is -1.95. The SMILES string of the molecule is CC(NC(=O)CCc1cccnc1)c1ccc(F)c(F)c1. The molecule has 3 nitrogen and oxygen atoms in total. The van der Waals surface area contributed by atoms with E-state index in [2.05, 4.69) is 10.3 Å². The molecular weight excluding hydrogens is 274 g/mol. The number of rotatable bonds is 5. The molecule has 0 aliphatic rings. The van der Waals surface area contributed by atoms with Crippen LogP contribution in [0.3, 0.4) is 0 Å². The Labute approximate surface area is 122 Å². The van der Waals surface area contributed by atoms with Gasteiger partial charge in [0.05, 0.1) is 6.04 Å². The Hall–Kier alpha value is -2.30. The minimum absolute atomic E-state index is 0.143. The first kappa shape index (κ1) is 15.1. The van der Waals surface area contributed by atoms with E-state index in [1.165, 1.54) is 6.07 Å². The predicted octanol–water partition coefficient (Wildman–Crippen LogP) is 3.17. The fraction of sp³-hybridized carbons (Fsp3) is 0.250. The van der Waals surface area contributed by atoms with E-state index < -0.39 is 11.6 Å². The number of aryl methyl sites for hydroxylation is 1. The summed E-state index contributed by atoms with van der Waals surface area (Å²) in [4.78, 5) is 15.8. The second kappa shape index (κ2) is 6.92. The zero-order valence-corrected chi connectivity index (χ0v) is 11.6. The third-order valence-corrected chi connectivity index (χ3v) is 3.18. The van der Waals surface area contributed by atoms with Crippen molar-refractivity contribution in [1.82, 2.24) is 10.3 Å². The molecule has 5 heteroatoms. The maximum Gasteiger partial charge on any atom is 0.220 e. The number of aromatic nitrogens is 1. The number of pyridine rings is 1. The fourth-order valence-electron chi connectivity index (χ4n) is 1.98. The van der Waals surface area contributed by atoms with Crippen molar-refractivity contribution >= 4 is 5.91 Å². The third-order valence-electron chi connectivity index (χ3n) is 3.18. The molecule has 1 aromatic carbocycles. The number of carbonyl (C=O) groups is 1. The van der Waals surface area contributed by atoms with Crippen molar-refractivity contribution in [3.8, 4) is 0 Å². The lowest BCUT2D eigenvalue weighted by Gasteiger charge is -2.14. The van der Waals surface area contributed by atoms with Crippen LogP contribution in [0.4, 0.5) is 8.78 Å². The van der Waals surface area contributed by atoms with Crippen molar-refractivity contribution < 1.29 is 13.6 Å². The molecule has 0 aliphatic carbocycles. The van der Waals surface area contributed by atoms with Crippen molar-refractivity contribution in [1.29, 1.82) is 0 Å². The quantitative estimate of drug-likeness (QED) is 0.919. The maximum absolute atomic E-state index is 13.2. The summed E-state index contributed by atoms with van der Waals surface area (Å²) in [5.41, 5.74) is 1.51. The minimum Gasteiger partial charge on any atom is -0.350 e. The van der Waals surface area contributed by atoms with E-state index in [9.17, 15) is 13.6 Å². The van der Waals surface area contributed by atoms with Crippen LogP contribution in [0.15, 0.2) is 42.7 Å². The molecule has 110 valence electrons. The van der Waals surface area contributed by atoms with Crippen LogP contribution in [0, 0.1) is 11.6 Å². The van der Waals surface area contributed by atoms with Crippen LogP contribution in [0.25, 0.3) is 0 Å². The van der Waals surface area contributed by atoms with E-state index in [-0.39, 0.29) is 11.9 Å². The smallest absolute Gasteiger partial charge is 0.220 e. The monoisotopic (exact) mass is 290 g/mol. The van der Waals surface area contributed by atoms with Gasteiger partial charge in [-0.3, -0.25) is 9.78 Å². The van der Waals surface area contributed by atoms with Crippen LogP contribution < -0.4 is 5.32 Å². The van der Waals surface area contributed by atoms with Crippen LogP contribution in [0.1, 0.15) is 30.5 Å². The average molecular weight is 290 g/mol. The molecule has 1 heterocycles. The zero-order valence-electron chi connectivity index (χ0n) is 11.6. The van der Waals surface area contributed by atoms with Crippen LogP contribution in [-0.2, 0) is 11.2 Å². The highest BCUT2D eigenvalue weighted by Gasteiger charge is 2.12. The first-order valence-corrected chi connectivity index (χ1v) is 6.69. The van der Waals surface area contributed by atoms with E-state index >= 15 is 0 Å². The Balaban J connectivity index is 1.88. The summed E-state index contributed by atoms with van der Waals surface area (Å²) in [6, 6.07) is 6.96. The fourth-order valence-corrected chi connectivity index (χ4v) is 1.98. The highest BCUT2D eigenvalue weighted by molar-refractivity contribution is 5.76. The molecule has 2 rings (SSSR count). The minimum atomic E-state index is -0.913. The number of benzene rings is 1. The van der Waals surface area contributed by atoms with Crippen LogP contribution >= 0.6 is 0 Å². The van der Waals surface area contributed by atoms with Gasteiger partial charge < -0.3 is 5.32 Å². The van der Waals surface area contributed by atoms with Gasteiger partial charge in [0, 0.05) is 18.8 Å². The largest absolute Gasteiger partial charge is 0.350 e. The first-order chi connectivity index (χ1) is 10.1. The number of nitrogens with zero attached hydrogens (tertiary/aromatic N) is 1. The lowest BCUT2D eigenvalue weighted by molar-refractivity contribution is -0.121. The van der Waals surface area contributed by atoms with Crippen molar-refractivity contribution in [2.75, 3.05) is 0 Å². The molecular formula is C16H16F2N2O. The van der Waals surface area contributed by atoms with Gasteiger partial charge in [-0.05, 0) is 42.7 Å². The highest BCUT2D eigenvalue weighted by atomic mass is 19.2. The second-order valence-corrected chi connectivity index (χ2v) is 4.82. The number of hydrogen-bond acceptors (Lipinski definition) is 2. The number of halogens is 2. The van der Waals surface area contributed by atoms with Crippen LogP contribution in [0.2, 0.25) is 0 Å². The van der Waals surface area contributed by atoms with Crippen molar-refractivity contribution in [3.63, 3.8) is 0 Å². The standard InChI is InChI=1S/C16H16F2N2O/c1-11(13-5-6-14(17)15(18)9-13)20-16(21)7-4-12-3-2-8-19-10-12/h2-3,5-6,8-11H,4,7H2,1H3,(H,20,21). The average Bonchev–Trinajstić information content (AvgIpc) is 2.49. The summed E-state index contributed by atoms with van der Waals surface area (Å²) in [6.07, 6.45) is 4.30. The van der Waals surface area contributed by atoms with Gasteiger partial charge in [-0.15, -0.1) is 0 Å². The second-order valence-electron chi connectivity index (χ2n) is 4.82. The highest BCUT2D eigenvalue weighted by Crippen LogP contribution is 2.16. The molecule has 21 heavy (non-hydrogen) atoms. The molecule has 1 amide bonds. The Morgan fingerprint density at radius 2 is 2.10 bits per heavy atom. The molecule has 0 aliphatic heterocycles. The van der Waals surface area contributed by atoms with E-state index in [0.29, 0.717) is 18.4 Å². The molecule has 0 saturated carbocycles. The van der Waals surface area contributed by atoms with Gasteiger partial charge >= 0.3 is 0 Å². The van der Waals surface area contributed by atoms with Gasteiger partial charge in [-0.2, -0.15) is 0 Å². The van der Waals surface area contributed by atoms with Gasteiger partial charge in [0.15, 0.2) is 11.6 Å². The Morgan fingerprint density at radius 1 is 1.29 bits per heavy atom. The molecule has 1 N–H and O–H groups in total. The summed E-state index contributed by atoms with van der Waals surface area (Å²) >= 11 is 0. The first-order valence-electron chi connectivity index (χ1n) is 6.69. The Bertz CT molecular complexity index is 617. The lowest BCUT2D eigenvalue weighted by Crippen LogP contribution is -2.26. The molecule has 0 fully saturated rings. The molecule has 0 radical (unpaired) electrons. The number of nitrogens with one attached hydrogen (secondary N) is 1. The Kier molecular flexibility index (Phi) is 4.98. The van der Waals surface area contributed by atoms with Gasteiger partial charge in [-0.25, -0.2) is 8.78 Å². The van der Waals surface area contributed by atoms with Gasteiger partial charge in [-0.1, -0.05) is 12.1 Å². The lowest BCUT2D eigenvalue weighted by atomic mass is 10.1. The van der Waals surface area contributed by atoms with E-state index in [1.807, 2.05) is 12.1 Å². The van der Waals surface area contributed by atoms with E-state index in [1.54, 1.807) is 19.3 Å². The molecule has 1 atom stereocenters. The maximum atomic E-state index is 13.2. The van der Waals surface area contributed by atoms with Gasteiger partial charge in [0.1, 0.15) is 0 Å². The van der Waals surface area contributed by atoms with Crippen molar-refractivity contribution in [2.24, 2.45) is 0 Å². The molecule has 0 spiro atoms. The van der Waals surface area contributed by atoms with Gasteiger partial charge in [0.2, 0.25) is 5.91 Å². The van der Waals surface area contributed by atoms with E-state index in [0.717, 1.165) is 17.7 Å².